The van der Waals surface area contributed by atoms with Gasteiger partial charge in [-0.2, -0.15) is 0 Å². The number of benzene rings is 2. The highest BCUT2D eigenvalue weighted by Crippen LogP contribution is 2.39. The normalized spacial score (nSPS) is 13.1. The lowest BCUT2D eigenvalue weighted by atomic mass is 10.0. The SMILES string of the molecule is CN=Cc1cc(NC(=O)c2nc3c(n2C)CCC=C3)cc(-c2cc3ccccc3s2)c1N. The Balaban J connectivity index is 1.55. The Kier molecular flexibility index (Phi) is 5.11. The van der Waals surface area contributed by atoms with Gasteiger partial charge >= 0.3 is 0 Å². The van der Waals surface area contributed by atoms with Gasteiger partial charge in [-0.1, -0.05) is 24.3 Å². The number of anilines is 2. The molecule has 0 atom stereocenters. The minimum absolute atomic E-state index is 0.248. The first-order valence-electron chi connectivity index (χ1n) is 10.4. The molecule has 0 saturated heterocycles. The van der Waals surface area contributed by atoms with Gasteiger partial charge < -0.3 is 15.6 Å². The number of hydrogen-bond acceptors (Lipinski definition) is 5. The van der Waals surface area contributed by atoms with Crippen molar-refractivity contribution < 1.29 is 4.79 Å². The van der Waals surface area contributed by atoms with Crippen molar-refractivity contribution in [2.24, 2.45) is 12.0 Å². The topological polar surface area (TPSA) is 85.3 Å². The number of allylic oxidation sites excluding steroid dienone is 1. The maximum Gasteiger partial charge on any atom is 0.291 e. The third kappa shape index (κ3) is 3.50. The summed E-state index contributed by atoms with van der Waals surface area (Å²) in [4.78, 5) is 22.8. The molecule has 0 fully saturated rings. The van der Waals surface area contributed by atoms with E-state index in [-0.39, 0.29) is 5.91 Å². The van der Waals surface area contributed by atoms with Crippen LogP contribution in [0.15, 0.2) is 53.5 Å². The van der Waals surface area contributed by atoms with E-state index in [0.717, 1.165) is 40.2 Å². The van der Waals surface area contributed by atoms with E-state index in [0.29, 0.717) is 17.2 Å². The van der Waals surface area contributed by atoms with Crippen LogP contribution in [0.1, 0.15) is 34.0 Å². The van der Waals surface area contributed by atoms with E-state index in [4.69, 9.17) is 5.73 Å². The van der Waals surface area contributed by atoms with Gasteiger partial charge in [0.15, 0.2) is 5.82 Å². The van der Waals surface area contributed by atoms with Crippen molar-refractivity contribution in [2.45, 2.75) is 12.8 Å². The Bertz CT molecular complexity index is 1380. The predicted octanol–water partition coefficient (Wildman–Crippen LogP) is 5.14. The number of nitrogens with two attached hydrogens (primary N) is 1. The molecule has 3 N–H and O–H groups in total. The molecule has 6 nitrogen and oxygen atoms in total. The quantitative estimate of drug-likeness (QED) is 0.339. The van der Waals surface area contributed by atoms with Crippen LogP contribution in [0.5, 0.6) is 0 Å². The molecule has 0 aliphatic heterocycles. The maximum absolute atomic E-state index is 13.1. The Morgan fingerprint density at radius 1 is 1.28 bits per heavy atom. The smallest absolute Gasteiger partial charge is 0.291 e. The van der Waals surface area contributed by atoms with Crippen LogP contribution >= 0.6 is 11.3 Å². The lowest BCUT2D eigenvalue weighted by Gasteiger charge is -2.12. The summed E-state index contributed by atoms with van der Waals surface area (Å²) in [5.41, 5.74) is 11.4. The van der Waals surface area contributed by atoms with Gasteiger partial charge in [-0.05, 0) is 48.6 Å². The first kappa shape index (κ1) is 20.2. The summed E-state index contributed by atoms with van der Waals surface area (Å²) in [6.07, 6.45) is 7.63. The Morgan fingerprint density at radius 3 is 2.91 bits per heavy atom. The van der Waals surface area contributed by atoms with Crippen molar-refractivity contribution >= 4 is 51.0 Å². The number of nitrogens with one attached hydrogen (secondary N) is 1. The number of nitrogens with zero attached hydrogens (tertiary/aromatic N) is 3. The highest BCUT2D eigenvalue weighted by Gasteiger charge is 2.21. The molecule has 1 aliphatic carbocycles. The number of amides is 1. The van der Waals surface area contributed by atoms with Gasteiger partial charge in [-0.15, -0.1) is 11.3 Å². The Hall–Kier alpha value is -3.71. The van der Waals surface area contributed by atoms with E-state index in [9.17, 15) is 4.79 Å². The van der Waals surface area contributed by atoms with Crippen LogP contribution in [0.25, 0.3) is 26.6 Å². The monoisotopic (exact) mass is 441 g/mol. The molecule has 1 amide bonds. The number of aromatic nitrogens is 2. The Labute approximate surface area is 190 Å². The number of rotatable bonds is 4. The molecule has 0 bridgehead atoms. The molecule has 4 aromatic rings. The molecule has 0 spiro atoms. The minimum Gasteiger partial charge on any atom is -0.398 e. The lowest BCUT2D eigenvalue weighted by molar-refractivity contribution is 0.101. The number of hydrogen-bond donors (Lipinski definition) is 2. The standard InChI is InChI=1S/C25H23N5OS/c1-27-14-16-11-17(28-25(31)24-29-19-8-4-5-9-20(19)30(24)2)13-18(23(16)26)22-12-15-7-3-6-10-21(15)32-22/h3-4,6-8,10-14H,5,9,26H2,1-2H3,(H,28,31). The number of thiophene rings is 1. The molecule has 0 unspecified atom stereocenters. The number of carbonyl (C=O) groups is 1. The van der Waals surface area contributed by atoms with E-state index in [1.165, 1.54) is 10.1 Å². The predicted molar refractivity (Wildman–Crippen MR) is 134 cm³/mol. The molecule has 2 aromatic heterocycles. The van der Waals surface area contributed by atoms with Gasteiger partial charge in [-0.3, -0.25) is 9.79 Å². The molecular weight excluding hydrogens is 418 g/mol. The molecule has 0 saturated carbocycles. The summed E-state index contributed by atoms with van der Waals surface area (Å²) in [6, 6.07) is 14.1. The van der Waals surface area contributed by atoms with E-state index >= 15 is 0 Å². The molecule has 7 heteroatoms. The van der Waals surface area contributed by atoms with E-state index < -0.39 is 0 Å². The average molecular weight is 442 g/mol. The number of imidazole rings is 1. The largest absolute Gasteiger partial charge is 0.398 e. The fraction of sp³-hybridized carbons (Fsp3) is 0.160. The molecule has 2 heterocycles. The van der Waals surface area contributed by atoms with Crippen molar-refractivity contribution in [3.63, 3.8) is 0 Å². The molecule has 2 aromatic carbocycles. The third-order valence-corrected chi connectivity index (χ3v) is 6.85. The minimum atomic E-state index is -0.248. The summed E-state index contributed by atoms with van der Waals surface area (Å²) in [5.74, 6) is 0.147. The maximum atomic E-state index is 13.1. The molecule has 1 aliphatic rings. The highest BCUT2D eigenvalue weighted by molar-refractivity contribution is 7.22. The number of fused-ring (bicyclic) bond motifs is 2. The Morgan fingerprint density at radius 2 is 2.12 bits per heavy atom. The fourth-order valence-electron chi connectivity index (χ4n) is 4.10. The summed E-state index contributed by atoms with van der Waals surface area (Å²) in [6.45, 7) is 0. The fourth-order valence-corrected chi connectivity index (χ4v) is 5.19. The number of carbonyl (C=O) groups excluding carboxylic acids is 1. The zero-order chi connectivity index (χ0) is 22.2. The molecule has 160 valence electrons. The molecular formula is C25H23N5OS. The second-order valence-corrected chi connectivity index (χ2v) is 8.87. The van der Waals surface area contributed by atoms with Crippen molar-refractivity contribution in [3.8, 4) is 10.4 Å². The van der Waals surface area contributed by atoms with Crippen LogP contribution in [0.2, 0.25) is 0 Å². The first-order valence-corrected chi connectivity index (χ1v) is 11.2. The van der Waals surface area contributed by atoms with Crippen LogP contribution in [-0.4, -0.2) is 28.7 Å². The molecule has 0 radical (unpaired) electrons. The summed E-state index contributed by atoms with van der Waals surface area (Å²) in [5, 5.41) is 4.18. The number of nitrogen functional groups attached to an aromatic ring is 1. The summed E-state index contributed by atoms with van der Waals surface area (Å²) in [7, 11) is 3.59. The van der Waals surface area contributed by atoms with Crippen molar-refractivity contribution in [3.05, 3.63) is 71.3 Å². The lowest BCUT2D eigenvalue weighted by Crippen LogP contribution is -2.18. The van der Waals surface area contributed by atoms with E-state index in [2.05, 4.69) is 39.6 Å². The second kappa shape index (κ2) is 8.09. The average Bonchev–Trinajstić information content (AvgIpc) is 3.37. The highest BCUT2D eigenvalue weighted by atomic mass is 32.1. The van der Waals surface area contributed by atoms with Crippen molar-refractivity contribution in [2.75, 3.05) is 18.1 Å². The molecule has 32 heavy (non-hydrogen) atoms. The van der Waals surface area contributed by atoms with Gasteiger partial charge in [0.25, 0.3) is 5.91 Å². The van der Waals surface area contributed by atoms with Gasteiger partial charge in [0.2, 0.25) is 0 Å². The second-order valence-electron chi connectivity index (χ2n) is 7.78. The van der Waals surface area contributed by atoms with Crippen molar-refractivity contribution in [1.29, 1.82) is 0 Å². The summed E-state index contributed by atoms with van der Waals surface area (Å²) >= 11 is 1.67. The number of aliphatic imine (C=N–C) groups is 1. The summed E-state index contributed by atoms with van der Waals surface area (Å²) < 4.78 is 3.07. The van der Waals surface area contributed by atoms with Crippen LogP contribution in [0.4, 0.5) is 11.4 Å². The molecule has 5 rings (SSSR count). The van der Waals surface area contributed by atoms with Gasteiger partial charge in [0.1, 0.15) is 0 Å². The van der Waals surface area contributed by atoms with E-state index in [1.54, 1.807) is 24.6 Å². The zero-order valence-electron chi connectivity index (χ0n) is 17.9. The third-order valence-electron chi connectivity index (χ3n) is 5.70. The van der Waals surface area contributed by atoms with Crippen LogP contribution in [0.3, 0.4) is 0 Å². The van der Waals surface area contributed by atoms with Gasteiger partial charge in [0.05, 0.1) is 5.69 Å². The van der Waals surface area contributed by atoms with Gasteiger partial charge in [-0.25, -0.2) is 4.98 Å². The van der Waals surface area contributed by atoms with Crippen LogP contribution in [0, 0.1) is 0 Å². The van der Waals surface area contributed by atoms with Gasteiger partial charge in [0, 0.05) is 58.1 Å². The van der Waals surface area contributed by atoms with Crippen LogP contribution in [-0.2, 0) is 13.5 Å². The van der Waals surface area contributed by atoms with Crippen LogP contribution < -0.4 is 11.1 Å². The zero-order valence-corrected chi connectivity index (χ0v) is 18.7. The first-order chi connectivity index (χ1) is 15.5. The van der Waals surface area contributed by atoms with E-state index in [1.807, 2.05) is 42.0 Å². The van der Waals surface area contributed by atoms with Crippen molar-refractivity contribution in [1.82, 2.24) is 9.55 Å².